The first-order chi connectivity index (χ1) is 8.25. The molecule has 17 heavy (non-hydrogen) atoms. The van der Waals surface area contributed by atoms with Gasteiger partial charge in [0.15, 0.2) is 0 Å². The lowest BCUT2D eigenvalue weighted by molar-refractivity contribution is 0.100. The highest BCUT2D eigenvalue weighted by atomic mass is 16.5. The average molecular weight is 238 g/mol. The van der Waals surface area contributed by atoms with Gasteiger partial charge >= 0.3 is 0 Å². The van der Waals surface area contributed by atoms with Crippen molar-refractivity contribution >= 4 is 11.7 Å². The van der Waals surface area contributed by atoms with Crippen LogP contribution >= 0.6 is 0 Å². The minimum Gasteiger partial charge on any atom is -0.380 e. The van der Waals surface area contributed by atoms with E-state index in [2.05, 4.69) is 10.3 Å². The molecule has 0 aliphatic rings. The summed E-state index contributed by atoms with van der Waals surface area (Å²) < 4.78 is 5.22. The number of primary amides is 1. The van der Waals surface area contributed by atoms with Crippen molar-refractivity contribution in [3.63, 3.8) is 0 Å². The first-order valence-corrected chi connectivity index (χ1v) is 5.52. The number of amides is 1. The number of nitrogens with one attached hydrogen (secondary N) is 1. The maximum absolute atomic E-state index is 11.1. The minimum absolute atomic E-state index is 0.398. The molecule has 6 heteroatoms. The van der Waals surface area contributed by atoms with Crippen molar-refractivity contribution in [3.8, 4) is 0 Å². The second-order valence-electron chi connectivity index (χ2n) is 3.45. The Bertz CT molecular complexity index is 357. The molecule has 0 atom stereocenters. The highest BCUT2D eigenvalue weighted by Gasteiger charge is 2.07. The van der Waals surface area contributed by atoms with E-state index in [1.54, 1.807) is 18.3 Å². The number of aromatic nitrogens is 1. The zero-order valence-corrected chi connectivity index (χ0v) is 9.69. The standard InChI is InChI=1S/C11H18N4O2/c12-4-8-17-7-2-6-15-11-9(10(13)16)3-1-5-14-11/h1,3,5H,2,4,6-8,12H2,(H2,13,16)(H,14,15). The van der Waals surface area contributed by atoms with E-state index in [9.17, 15) is 4.79 Å². The van der Waals surface area contributed by atoms with Gasteiger partial charge in [-0.25, -0.2) is 4.98 Å². The Morgan fingerprint density at radius 1 is 1.47 bits per heavy atom. The summed E-state index contributed by atoms with van der Waals surface area (Å²) in [7, 11) is 0. The highest BCUT2D eigenvalue weighted by molar-refractivity contribution is 5.97. The molecule has 1 aromatic rings. The van der Waals surface area contributed by atoms with Gasteiger partial charge in [0.2, 0.25) is 0 Å². The predicted octanol–water partition coefficient (Wildman–Crippen LogP) is -0.0422. The van der Waals surface area contributed by atoms with Crippen molar-refractivity contribution in [3.05, 3.63) is 23.9 Å². The monoisotopic (exact) mass is 238 g/mol. The van der Waals surface area contributed by atoms with Crippen molar-refractivity contribution in [2.24, 2.45) is 11.5 Å². The molecule has 0 spiro atoms. The fourth-order valence-corrected chi connectivity index (χ4v) is 1.31. The van der Waals surface area contributed by atoms with Gasteiger partial charge in [-0.15, -0.1) is 0 Å². The third-order valence-corrected chi connectivity index (χ3v) is 2.09. The van der Waals surface area contributed by atoms with E-state index in [0.29, 0.717) is 37.7 Å². The van der Waals surface area contributed by atoms with Crippen LogP contribution < -0.4 is 16.8 Å². The molecule has 0 aliphatic carbocycles. The zero-order chi connectivity index (χ0) is 12.5. The normalized spacial score (nSPS) is 10.2. The first-order valence-electron chi connectivity index (χ1n) is 5.52. The molecule has 1 aromatic heterocycles. The summed E-state index contributed by atoms with van der Waals surface area (Å²) in [5, 5.41) is 3.05. The summed E-state index contributed by atoms with van der Waals surface area (Å²) in [5.41, 5.74) is 10.9. The second kappa shape index (κ2) is 7.59. The molecule has 0 unspecified atom stereocenters. The number of nitrogens with two attached hydrogens (primary N) is 2. The van der Waals surface area contributed by atoms with Gasteiger partial charge in [0, 0.05) is 25.9 Å². The minimum atomic E-state index is -0.486. The Kier molecular flexibility index (Phi) is 5.98. The number of nitrogens with zero attached hydrogens (tertiary/aromatic N) is 1. The van der Waals surface area contributed by atoms with Gasteiger partial charge in [0.25, 0.3) is 5.91 Å². The van der Waals surface area contributed by atoms with Crippen molar-refractivity contribution in [2.75, 3.05) is 31.6 Å². The molecule has 1 heterocycles. The summed E-state index contributed by atoms with van der Waals surface area (Å²) in [4.78, 5) is 15.2. The van der Waals surface area contributed by atoms with Crippen LogP contribution in [0.1, 0.15) is 16.8 Å². The number of rotatable bonds is 8. The van der Waals surface area contributed by atoms with Crippen LogP contribution in [0.4, 0.5) is 5.82 Å². The highest BCUT2D eigenvalue weighted by Crippen LogP contribution is 2.09. The Labute approximate surface area is 100 Å². The van der Waals surface area contributed by atoms with Crippen LogP contribution in [0, 0.1) is 0 Å². The summed E-state index contributed by atoms with van der Waals surface area (Å²) in [6.45, 7) is 2.39. The molecule has 0 radical (unpaired) electrons. The van der Waals surface area contributed by atoms with Crippen LogP contribution in [0.15, 0.2) is 18.3 Å². The molecule has 0 aromatic carbocycles. The van der Waals surface area contributed by atoms with Gasteiger partial charge < -0.3 is 21.5 Å². The third-order valence-electron chi connectivity index (χ3n) is 2.09. The predicted molar refractivity (Wildman–Crippen MR) is 65.7 cm³/mol. The van der Waals surface area contributed by atoms with Gasteiger partial charge in [0.1, 0.15) is 5.82 Å². The summed E-state index contributed by atoms with van der Waals surface area (Å²) in [6.07, 6.45) is 2.43. The lowest BCUT2D eigenvalue weighted by Crippen LogP contribution is -2.16. The number of anilines is 1. The summed E-state index contributed by atoms with van der Waals surface area (Å²) in [5.74, 6) is 0.0267. The molecule has 6 nitrogen and oxygen atoms in total. The van der Waals surface area contributed by atoms with Crippen LogP contribution in [0.2, 0.25) is 0 Å². The lowest BCUT2D eigenvalue weighted by Gasteiger charge is -2.08. The largest absolute Gasteiger partial charge is 0.380 e. The van der Waals surface area contributed by atoms with Crippen LogP contribution in [0.25, 0.3) is 0 Å². The van der Waals surface area contributed by atoms with Gasteiger partial charge in [-0.1, -0.05) is 0 Å². The fraction of sp³-hybridized carbons (Fsp3) is 0.455. The molecule has 94 valence electrons. The number of carbonyl (C=O) groups excluding carboxylic acids is 1. The van der Waals surface area contributed by atoms with Crippen molar-refractivity contribution in [1.82, 2.24) is 4.98 Å². The van der Waals surface area contributed by atoms with Gasteiger partial charge in [-0.3, -0.25) is 4.79 Å². The van der Waals surface area contributed by atoms with E-state index in [1.807, 2.05) is 0 Å². The number of hydrogen-bond acceptors (Lipinski definition) is 5. The molecular weight excluding hydrogens is 220 g/mol. The van der Waals surface area contributed by atoms with E-state index in [4.69, 9.17) is 16.2 Å². The Morgan fingerprint density at radius 3 is 3.00 bits per heavy atom. The Hall–Kier alpha value is -1.66. The van der Waals surface area contributed by atoms with E-state index < -0.39 is 5.91 Å². The van der Waals surface area contributed by atoms with Crippen molar-refractivity contribution < 1.29 is 9.53 Å². The van der Waals surface area contributed by atoms with Crippen LogP contribution in [-0.4, -0.2) is 37.2 Å². The molecule has 1 rings (SSSR count). The molecule has 5 N–H and O–H groups in total. The topological polar surface area (TPSA) is 103 Å². The molecule has 0 saturated heterocycles. The molecule has 1 amide bonds. The lowest BCUT2D eigenvalue weighted by atomic mass is 10.2. The van der Waals surface area contributed by atoms with E-state index in [0.717, 1.165) is 6.42 Å². The van der Waals surface area contributed by atoms with E-state index in [-0.39, 0.29) is 0 Å². The maximum Gasteiger partial charge on any atom is 0.252 e. The van der Waals surface area contributed by atoms with Crippen LogP contribution in [0.3, 0.4) is 0 Å². The van der Waals surface area contributed by atoms with Crippen molar-refractivity contribution in [2.45, 2.75) is 6.42 Å². The van der Waals surface area contributed by atoms with Crippen molar-refractivity contribution in [1.29, 1.82) is 0 Å². The fourth-order valence-electron chi connectivity index (χ4n) is 1.31. The van der Waals surface area contributed by atoms with E-state index >= 15 is 0 Å². The first kappa shape index (κ1) is 13.4. The quantitative estimate of drug-likeness (QED) is 0.551. The number of pyridine rings is 1. The molecule has 0 aliphatic heterocycles. The molecule has 0 bridgehead atoms. The van der Waals surface area contributed by atoms with E-state index in [1.165, 1.54) is 0 Å². The number of ether oxygens (including phenoxy) is 1. The Balaban J connectivity index is 2.34. The Morgan fingerprint density at radius 2 is 2.29 bits per heavy atom. The number of hydrogen-bond donors (Lipinski definition) is 3. The zero-order valence-electron chi connectivity index (χ0n) is 9.69. The van der Waals surface area contributed by atoms with Gasteiger partial charge in [-0.05, 0) is 18.6 Å². The molecular formula is C11H18N4O2. The summed E-state index contributed by atoms with van der Waals surface area (Å²) in [6, 6.07) is 3.32. The maximum atomic E-state index is 11.1. The number of carbonyl (C=O) groups is 1. The smallest absolute Gasteiger partial charge is 0.252 e. The second-order valence-corrected chi connectivity index (χ2v) is 3.45. The van der Waals surface area contributed by atoms with Gasteiger partial charge in [0.05, 0.1) is 12.2 Å². The summed E-state index contributed by atoms with van der Waals surface area (Å²) >= 11 is 0. The molecule has 0 fully saturated rings. The SMILES string of the molecule is NCCOCCCNc1ncccc1C(N)=O. The average Bonchev–Trinajstić information content (AvgIpc) is 2.34. The molecule has 0 saturated carbocycles. The van der Waals surface area contributed by atoms with Gasteiger partial charge in [-0.2, -0.15) is 0 Å². The van der Waals surface area contributed by atoms with Crippen LogP contribution in [0.5, 0.6) is 0 Å². The third kappa shape index (κ3) is 4.80. The van der Waals surface area contributed by atoms with Crippen LogP contribution in [-0.2, 0) is 4.74 Å².